The Morgan fingerprint density at radius 3 is 2.15 bits per heavy atom. The Morgan fingerprint density at radius 2 is 1.51 bits per heavy atom. The zero-order chi connectivity index (χ0) is 29.8. The van der Waals surface area contributed by atoms with E-state index in [4.69, 9.17) is 32.7 Å². The summed E-state index contributed by atoms with van der Waals surface area (Å²) in [6.45, 7) is 8.94. The summed E-state index contributed by atoms with van der Waals surface area (Å²) in [7, 11) is 0. The van der Waals surface area contributed by atoms with Crippen molar-refractivity contribution in [2.24, 2.45) is 0 Å². The van der Waals surface area contributed by atoms with E-state index in [1.807, 2.05) is 76.2 Å². The Morgan fingerprint density at radius 1 is 0.854 bits per heavy atom. The molecule has 2 amide bonds. The third-order valence-corrected chi connectivity index (χ3v) is 7.61. The largest absolute Gasteiger partial charge is 0.490 e. The fourth-order valence-corrected chi connectivity index (χ4v) is 5.01. The first-order valence-corrected chi connectivity index (χ1v) is 15.0. The summed E-state index contributed by atoms with van der Waals surface area (Å²) in [5.74, 6) is 0.936. The second kappa shape index (κ2) is 16.3. The monoisotopic (exact) mass is 598 g/mol. The highest BCUT2D eigenvalue weighted by atomic mass is 35.5. The van der Waals surface area contributed by atoms with E-state index < -0.39 is 6.04 Å². The Bertz CT molecular complexity index is 1270. The van der Waals surface area contributed by atoms with Gasteiger partial charge in [-0.05, 0) is 69.0 Å². The molecule has 0 heterocycles. The molecule has 220 valence electrons. The SMILES string of the molecule is CCOc1ccc(CCC(=O)N(Cc2c(Cl)cccc2Cl)C(Cc2ccccc2)C(=O)NC(C)CC)cc1OCC. The average Bonchev–Trinajstić information content (AvgIpc) is 2.96. The molecule has 6 nitrogen and oxygen atoms in total. The molecule has 0 saturated carbocycles. The van der Waals surface area contributed by atoms with Gasteiger partial charge in [-0.25, -0.2) is 0 Å². The number of hydrogen-bond donors (Lipinski definition) is 1. The molecule has 3 aromatic rings. The quantitative estimate of drug-likeness (QED) is 0.199. The minimum Gasteiger partial charge on any atom is -0.490 e. The molecule has 0 spiro atoms. The summed E-state index contributed by atoms with van der Waals surface area (Å²) in [6.07, 6.45) is 1.77. The van der Waals surface area contributed by atoms with Crippen LogP contribution in [0.4, 0.5) is 0 Å². The van der Waals surface area contributed by atoms with Crippen molar-refractivity contribution < 1.29 is 19.1 Å². The molecule has 8 heteroatoms. The van der Waals surface area contributed by atoms with Crippen LogP contribution in [0.25, 0.3) is 0 Å². The molecule has 2 unspecified atom stereocenters. The lowest BCUT2D eigenvalue weighted by Crippen LogP contribution is -2.52. The maximum absolute atomic E-state index is 14.0. The zero-order valence-electron chi connectivity index (χ0n) is 24.3. The standard InChI is InChI=1S/C33H40Cl2N2O4/c1-5-23(4)36-33(39)29(20-24-12-9-8-10-13-24)37(22-26-27(34)14-11-15-28(26)35)32(38)19-17-25-16-18-30(40-6-2)31(21-25)41-7-3/h8-16,18,21,23,29H,5-7,17,19-20,22H2,1-4H3,(H,36,39). The number of nitrogens with one attached hydrogen (secondary N) is 1. The number of amides is 2. The van der Waals surface area contributed by atoms with Crippen LogP contribution in [0.2, 0.25) is 10.0 Å². The molecule has 0 saturated heterocycles. The van der Waals surface area contributed by atoms with Gasteiger partial charge in [0.1, 0.15) is 6.04 Å². The van der Waals surface area contributed by atoms with Crippen molar-refractivity contribution in [2.75, 3.05) is 13.2 Å². The van der Waals surface area contributed by atoms with Gasteiger partial charge in [-0.15, -0.1) is 0 Å². The van der Waals surface area contributed by atoms with Crippen LogP contribution in [0.1, 0.15) is 57.2 Å². The van der Waals surface area contributed by atoms with Gasteiger partial charge < -0.3 is 19.7 Å². The van der Waals surface area contributed by atoms with E-state index in [9.17, 15) is 9.59 Å². The second-order valence-corrected chi connectivity index (χ2v) is 10.7. The predicted octanol–water partition coefficient (Wildman–Crippen LogP) is 7.28. The normalized spacial score (nSPS) is 12.3. The minimum atomic E-state index is -0.759. The number of ether oxygens (including phenoxy) is 2. The van der Waals surface area contributed by atoms with E-state index in [2.05, 4.69) is 5.32 Å². The Kier molecular flexibility index (Phi) is 12.8. The number of carbonyl (C=O) groups is 2. The van der Waals surface area contributed by atoms with Crippen molar-refractivity contribution in [3.8, 4) is 11.5 Å². The number of aryl methyl sites for hydroxylation is 1. The number of nitrogens with zero attached hydrogens (tertiary/aromatic N) is 1. The van der Waals surface area contributed by atoms with Gasteiger partial charge in [0, 0.05) is 41.0 Å². The van der Waals surface area contributed by atoms with Crippen molar-refractivity contribution in [3.63, 3.8) is 0 Å². The van der Waals surface area contributed by atoms with E-state index in [0.717, 1.165) is 17.5 Å². The summed E-state index contributed by atoms with van der Waals surface area (Å²) in [4.78, 5) is 29.4. The van der Waals surface area contributed by atoms with E-state index in [-0.39, 0.29) is 30.8 Å². The predicted molar refractivity (Wildman–Crippen MR) is 166 cm³/mol. The van der Waals surface area contributed by atoms with E-state index in [1.54, 1.807) is 23.1 Å². The lowest BCUT2D eigenvalue weighted by molar-refractivity contribution is -0.141. The minimum absolute atomic E-state index is 0.0394. The van der Waals surface area contributed by atoms with Crippen molar-refractivity contribution >= 4 is 35.0 Å². The first kappa shape index (κ1) is 32.3. The summed E-state index contributed by atoms with van der Waals surface area (Å²) < 4.78 is 11.5. The lowest BCUT2D eigenvalue weighted by atomic mass is 10.0. The molecule has 41 heavy (non-hydrogen) atoms. The van der Waals surface area contributed by atoms with Crippen LogP contribution in [0.3, 0.4) is 0 Å². The fourth-order valence-electron chi connectivity index (χ4n) is 4.49. The smallest absolute Gasteiger partial charge is 0.243 e. The van der Waals surface area contributed by atoms with Crippen LogP contribution in [-0.2, 0) is 29.0 Å². The molecule has 0 fully saturated rings. The zero-order valence-corrected chi connectivity index (χ0v) is 25.8. The fraction of sp³-hybridized carbons (Fsp3) is 0.394. The Hall–Kier alpha value is -3.22. The number of rotatable bonds is 15. The number of carbonyl (C=O) groups excluding carboxylic acids is 2. The van der Waals surface area contributed by atoms with Crippen LogP contribution >= 0.6 is 23.2 Å². The third kappa shape index (κ3) is 9.40. The molecule has 2 atom stereocenters. The molecule has 0 radical (unpaired) electrons. The van der Waals surface area contributed by atoms with Crippen LogP contribution in [-0.4, -0.2) is 42.0 Å². The highest BCUT2D eigenvalue weighted by molar-refractivity contribution is 6.36. The number of hydrogen-bond acceptors (Lipinski definition) is 4. The number of halogens is 2. The van der Waals surface area contributed by atoms with Crippen molar-refractivity contribution in [1.82, 2.24) is 10.2 Å². The highest BCUT2D eigenvalue weighted by Crippen LogP contribution is 2.30. The van der Waals surface area contributed by atoms with Crippen LogP contribution in [0.15, 0.2) is 66.7 Å². The molecular weight excluding hydrogens is 559 g/mol. The topological polar surface area (TPSA) is 67.9 Å². The van der Waals surface area contributed by atoms with Gasteiger partial charge in [-0.2, -0.15) is 0 Å². The van der Waals surface area contributed by atoms with Gasteiger partial charge in [-0.1, -0.05) is 72.6 Å². The van der Waals surface area contributed by atoms with Crippen molar-refractivity contribution in [1.29, 1.82) is 0 Å². The van der Waals surface area contributed by atoms with Gasteiger partial charge >= 0.3 is 0 Å². The first-order valence-electron chi connectivity index (χ1n) is 14.2. The Balaban J connectivity index is 1.95. The van der Waals surface area contributed by atoms with Crippen molar-refractivity contribution in [2.45, 2.75) is 72.0 Å². The summed E-state index contributed by atoms with van der Waals surface area (Å²) in [5, 5.41) is 3.98. The van der Waals surface area contributed by atoms with Crippen LogP contribution in [0.5, 0.6) is 11.5 Å². The summed E-state index contributed by atoms with van der Waals surface area (Å²) in [5.41, 5.74) is 2.50. The molecule has 0 aromatic heterocycles. The van der Waals surface area contributed by atoms with Crippen LogP contribution < -0.4 is 14.8 Å². The second-order valence-electron chi connectivity index (χ2n) is 9.89. The maximum atomic E-state index is 14.0. The van der Waals surface area contributed by atoms with Gasteiger partial charge in [-0.3, -0.25) is 9.59 Å². The lowest BCUT2D eigenvalue weighted by Gasteiger charge is -2.33. The van der Waals surface area contributed by atoms with Gasteiger partial charge in [0.25, 0.3) is 0 Å². The molecule has 0 aliphatic heterocycles. The average molecular weight is 600 g/mol. The van der Waals surface area contributed by atoms with E-state index in [0.29, 0.717) is 53.2 Å². The first-order chi connectivity index (χ1) is 19.8. The molecule has 1 N–H and O–H groups in total. The summed E-state index contributed by atoms with van der Waals surface area (Å²) >= 11 is 13.1. The molecule has 3 aromatic carbocycles. The summed E-state index contributed by atoms with van der Waals surface area (Å²) in [6, 6.07) is 19.9. The van der Waals surface area contributed by atoms with Crippen LogP contribution in [0, 0.1) is 0 Å². The van der Waals surface area contributed by atoms with Crippen molar-refractivity contribution in [3.05, 3.63) is 93.5 Å². The molecule has 0 aliphatic carbocycles. The molecule has 0 bridgehead atoms. The molecule has 3 rings (SSSR count). The Labute approximate surface area is 253 Å². The number of benzene rings is 3. The van der Waals surface area contributed by atoms with Gasteiger partial charge in [0.2, 0.25) is 11.8 Å². The molecule has 0 aliphatic rings. The van der Waals surface area contributed by atoms with Gasteiger partial charge in [0.15, 0.2) is 11.5 Å². The van der Waals surface area contributed by atoms with Gasteiger partial charge in [0.05, 0.1) is 13.2 Å². The maximum Gasteiger partial charge on any atom is 0.243 e. The van der Waals surface area contributed by atoms with E-state index >= 15 is 0 Å². The highest BCUT2D eigenvalue weighted by Gasteiger charge is 2.31. The third-order valence-electron chi connectivity index (χ3n) is 6.90. The molecular formula is C33H40Cl2N2O4. The van der Waals surface area contributed by atoms with E-state index in [1.165, 1.54) is 0 Å².